The number of rotatable bonds is 7. The maximum atomic E-state index is 10.5. The van der Waals surface area contributed by atoms with Gasteiger partial charge in [-0.05, 0) is 37.4 Å². The quantitative estimate of drug-likeness (QED) is 0.813. The number of aryl methyl sites for hydroxylation is 1. The van der Waals surface area contributed by atoms with E-state index in [2.05, 4.69) is 55.6 Å². The van der Waals surface area contributed by atoms with Gasteiger partial charge in [-0.1, -0.05) is 67.1 Å². The fourth-order valence-electron chi connectivity index (χ4n) is 2.52. The largest absolute Gasteiger partial charge is 0.387 e. The zero-order valence-electron chi connectivity index (χ0n) is 12.9. The molecular formula is C19H25NO. The fraction of sp³-hybridized carbons (Fsp3) is 0.368. The molecule has 0 aliphatic heterocycles. The molecule has 2 nitrogen and oxygen atoms in total. The smallest absolute Gasteiger partial charge is 0.0942 e. The zero-order valence-corrected chi connectivity index (χ0v) is 12.9. The SMILES string of the molecule is CCC(NCCc1ccccc1)C(O)c1ccc(C)cc1. The summed E-state index contributed by atoms with van der Waals surface area (Å²) in [6, 6.07) is 18.7. The van der Waals surface area contributed by atoms with Crippen molar-refractivity contribution < 1.29 is 5.11 Å². The highest BCUT2D eigenvalue weighted by molar-refractivity contribution is 5.24. The van der Waals surface area contributed by atoms with Gasteiger partial charge < -0.3 is 10.4 Å². The van der Waals surface area contributed by atoms with Gasteiger partial charge in [-0.2, -0.15) is 0 Å². The van der Waals surface area contributed by atoms with Crippen LogP contribution in [0.25, 0.3) is 0 Å². The third-order valence-electron chi connectivity index (χ3n) is 3.90. The van der Waals surface area contributed by atoms with Crippen molar-refractivity contribution in [1.82, 2.24) is 5.32 Å². The lowest BCUT2D eigenvalue weighted by atomic mass is 9.99. The Kier molecular flexibility index (Phi) is 5.97. The summed E-state index contributed by atoms with van der Waals surface area (Å²) in [6.45, 7) is 5.05. The molecule has 0 aromatic heterocycles. The predicted octanol–water partition coefficient (Wildman–Crippen LogP) is 3.64. The van der Waals surface area contributed by atoms with E-state index >= 15 is 0 Å². The van der Waals surface area contributed by atoms with Crippen LogP contribution in [-0.4, -0.2) is 17.7 Å². The van der Waals surface area contributed by atoms with Gasteiger partial charge >= 0.3 is 0 Å². The van der Waals surface area contributed by atoms with Crippen molar-refractivity contribution in [2.75, 3.05) is 6.54 Å². The molecule has 112 valence electrons. The Labute approximate surface area is 127 Å². The molecule has 0 radical (unpaired) electrons. The van der Waals surface area contributed by atoms with E-state index in [4.69, 9.17) is 0 Å². The van der Waals surface area contributed by atoms with Crippen LogP contribution in [0.1, 0.15) is 36.1 Å². The minimum Gasteiger partial charge on any atom is -0.387 e. The van der Waals surface area contributed by atoms with Crippen molar-refractivity contribution in [3.63, 3.8) is 0 Å². The van der Waals surface area contributed by atoms with Gasteiger partial charge in [-0.3, -0.25) is 0 Å². The van der Waals surface area contributed by atoms with E-state index in [-0.39, 0.29) is 6.04 Å². The Bertz CT molecular complexity index is 521. The maximum absolute atomic E-state index is 10.5. The van der Waals surface area contributed by atoms with Crippen molar-refractivity contribution in [2.45, 2.75) is 38.8 Å². The second-order valence-electron chi connectivity index (χ2n) is 5.56. The Balaban J connectivity index is 1.88. The molecule has 0 saturated carbocycles. The average Bonchev–Trinajstić information content (AvgIpc) is 2.53. The molecule has 2 unspecified atom stereocenters. The van der Waals surface area contributed by atoms with E-state index in [0.29, 0.717) is 0 Å². The first kappa shape index (κ1) is 15.7. The Morgan fingerprint density at radius 1 is 1.00 bits per heavy atom. The molecule has 2 aromatic carbocycles. The van der Waals surface area contributed by atoms with E-state index in [1.165, 1.54) is 11.1 Å². The highest BCUT2D eigenvalue weighted by Gasteiger charge is 2.18. The third kappa shape index (κ3) is 4.69. The second-order valence-corrected chi connectivity index (χ2v) is 5.56. The van der Waals surface area contributed by atoms with Gasteiger partial charge in [0.2, 0.25) is 0 Å². The van der Waals surface area contributed by atoms with Crippen molar-refractivity contribution in [1.29, 1.82) is 0 Å². The minimum absolute atomic E-state index is 0.0939. The molecular weight excluding hydrogens is 258 g/mol. The highest BCUT2D eigenvalue weighted by atomic mass is 16.3. The van der Waals surface area contributed by atoms with Gasteiger partial charge in [0.25, 0.3) is 0 Å². The number of aliphatic hydroxyl groups is 1. The van der Waals surface area contributed by atoms with E-state index in [1.807, 2.05) is 18.2 Å². The molecule has 0 spiro atoms. The van der Waals surface area contributed by atoms with Crippen LogP contribution in [0.3, 0.4) is 0 Å². The second kappa shape index (κ2) is 7.96. The maximum Gasteiger partial charge on any atom is 0.0942 e. The molecule has 21 heavy (non-hydrogen) atoms. The minimum atomic E-state index is -0.452. The van der Waals surface area contributed by atoms with Crippen LogP contribution >= 0.6 is 0 Å². The fourth-order valence-corrected chi connectivity index (χ4v) is 2.52. The number of benzene rings is 2. The molecule has 0 amide bonds. The third-order valence-corrected chi connectivity index (χ3v) is 3.90. The summed E-state index contributed by atoms with van der Waals surface area (Å²) in [6.07, 6.45) is 1.44. The molecule has 0 fully saturated rings. The normalized spacial score (nSPS) is 13.9. The standard InChI is InChI=1S/C19H25NO/c1-3-18(19(21)17-11-9-15(2)10-12-17)20-14-13-16-7-5-4-6-8-16/h4-12,18-21H,3,13-14H2,1-2H3. The van der Waals surface area contributed by atoms with Gasteiger partial charge in [0, 0.05) is 6.04 Å². The molecule has 0 bridgehead atoms. The van der Waals surface area contributed by atoms with Crippen molar-refractivity contribution in [3.05, 3.63) is 71.3 Å². The van der Waals surface area contributed by atoms with Gasteiger partial charge in [-0.15, -0.1) is 0 Å². The first-order chi connectivity index (χ1) is 10.2. The van der Waals surface area contributed by atoms with Gasteiger partial charge in [0.1, 0.15) is 0 Å². The van der Waals surface area contributed by atoms with Crippen LogP contribution in [0.15, 0.2) is 54.6 Å². The van der Waals surface area contributed by atoms with Crippen molar-refractivity contribution >= 4 is 0 Å². The van der Waals surface area contributed by atoms with Crippen LogP contribution in [0, 0.1) is 6.92 Å². The molecule has 0 heterocycles. The summed E-state index contributed by atoms with van der Waals surface area (Å²) in [5, 5.41) is 14.0. The summed E-state index contributed by atoms with van der Waals surface area (Å²) in [7, 11) is 0. The van der Waals surface area contributed by atoms with Crippen LogP contribution in [0.2, 0.25) is 0 Å². The molecule has 2 heteroatoms. The molecule has 2 atom stereocenters. The van der Waals surface area contributed by atoms with E-state index in [0.717, 1.165) is 24.9 Å². The lowest BCUT2D eigenvalue weighted by molar-refractivity contribution is 0.126. The Hall–Kier alpha value is -1.64. The summed E-state index contributed by atoms with van der Waals surface area (Å²) in [5.41, 5.74) is 3.53. The molecule has 2 aromatic rings. The van der Waals surface area contributed by atoms with Crippen LogP contribution < -0.4 is 5.32 Å². The van der Waals surface area contributed by atoms with Gasteiger partial charge in [-0.25, -0.2) is 0 Å². The molecule has 2 N–H and O–H groups in total. The summed E-state index contributed by atoms with van der Waals surface area (Å²) in [4.78, 5) is 0. The lowest BCUT2D eigenvalue weighted by Gasteiger charge is -2.23. The Morgan fingerprint density at radius 3 is 2.29 bits per heavy atom. The molecule has 0 aliphatic carbocycles. The van der Waals surface area contributed by atoms with Gasteiger partial charge in [0.15, 0.2) is 0 Å². The average molecular weight is 283 g/mol. The van der Waals surface area contributed by atoms with E-state index in [1.54, 1.807) is 0 Å². The zero-order chi connectivity index (χ0) is 15.1. The van der Waals surface area contributed by atoms with Crippen LogP contribution in [0.4, 0.5) is 0 Å². The number of hydrogen-bond acceptors (Lipinski definition) is 2. The topological polar surface area (TPSA) is 32.3 Å². The summed E-state index contributed by atoms with van der Waals surface area (Å²) >= 11 is 0. The van der Waals surface area contributed by atoms with Gasteiger partial charge in [0.05, 0.1) is 6.10 Å². The first-order valence-corrected chi connectivity index (χ1v) is 7.72. The van der Waals surface area contributed by atoms with Crippen molar-refractivity contribution in [3.8, 4) is 0 Å². The van der Waals surface area contributed by atoms with Crippen LogP contribution in [-0.2, 0) is 6.42 Å². The number of nitrogens with one attached hydrogen (secondary N) is 1. The van der Waals surface area contributed by atoms with E-state index < -0.39 is 6.10 Å². The Morgan fingerprint density at radius 2 is 1.67 bits per heavy atom. The lowest BCUT2D eigenvalue weighted by Crippen LogP contribution is -2.35. The highest BCUT2D eigenvalue weighted by Crippen LogP contribution is 2.19. The van der Waals surface area contributed by atoms with Crippen molar-refractivity contribution in [2.24, 2.45) is 0 Å². The predicted molar refractivity (Wildman–Crippen MR) is 88.4 cm³/mol. The van der Waals surface area contributed by atoms with E-state index in [9.17, 15) is 5.11 Å². The number of hydrogen-bond donors (Lipinski definition) is 2. The molecule has 2 rings (SSSR count). The summed E-state index contributed by atoms with van der Waals surface area (Å²) < 4.78 is 0. The van der Waals surface area contributed by atoms with Crippen LogP contribution in [0.5, 0.6) is 0 Å². The molecule has 0 aliphatic rings. The summed E-state index contributed by atoms with van der Waals surface area (Å²) in [5.74, 6) is 0. The number of aliphatic hydroxyl groups excluding tert-OH is 1. The molecule has 0 saturated heterocycles. The monoisotopic (exact) mass is 283 g/mol. The first-order valence-electron chi connectivity index (χ1n) is 7.72.